The molecule has 1 fully saturated rings. The van der Waals surface area contributed by atoms with Crippen LogP contribution >= 0.6 is 0 Å². The van der Waals surface area contributed by atoms with E-state index in [1.165, 1.54) is 6.92 Å². The molecule has 7 heteroatoms. The molecule has 1 amide bonds. The van der Waals surface area contributed by atoms with Crippen molar-refractivity contribution in [3.8, 4) is 0 Å². The Morgan fingerprint density at radius 1 is 1.44 bits per heavy atom. The number of nitroso groups, excluding NO2 is 1. The van der Waals surface area contributed by atoms with E-state index in [1.54, 1.807) is 6.92 Å². The second-order valence-electron chi connectivity index (χ2n) is 3.90. The molecule has 92 valence electrons. The number of carbonyl (C=O) groups is 1. The molecule has 1 saturated heterocycles. The van der Waals surface area contributed by atoms with Crippen molar-refractivity contribution in [1.82, 2.24) is 5.32 Å². The highest BCUT2D eigenvalue weighted by atomic mass is 16.5. The fourth-order valence-corrected chi connectivity index (χ4v) is 1.81. The Morgan fingerprint density at radius 3 is 2.56 bits per heavy atom. The van der Waals surface area contributed by atoms with Gasteiger partial charge in [0.2, 0.25) is 5.91 Å². The molecule has 1 heterocycles. The van der Waals surface area contributed by atoms with E-state index in [2.05, 4.69) is 10.5 Å². The standard InChI is InChI=1S/C9H16N2O5/c1-4-7(11-5(2)12)9(14)8(13)6(16-4)3-10-15/h4,6-9,13-14H,3H2,1-2H3,(H,11,12)/t4-,6?,7-,8?,9?/m1/s1. The number of hydrogen-bond donors (Lipinski definition) is 3. The van der Waals surface area contributed by atoms with Gasteiger partial charge < -0.3 is 20.3 Å². The van der Waals surface area contributed by atoms with E-state index in [9.17, 15) is 19.9 Å². The van der Waals surface area contributed by atoms with Crippen LogP contribution in [0.4, 0.5) is 0 Å². The molecule has 0 radical (unpaired) electrons. The van der Waals surface area contributed by atoms with Crippen molar-refractivity contribution in [3.05, 3.63) is 4.91 Å². The lowest BCUT2D eigenvalue weighted by atomic mass is 9.93. The van der Waals surface area contributed by atoms with Crippen LogP contribution in [0.2, 0.25) is 0 Å². The van der Waals surface area contributed by atoms with Gasteiger partial charge in [-0.2, -0.15) is 4.91 Å². The Kier molecular flexibility index (Phi) is 4.34. The molecule has 3 unspecified atom stereocenters. The highest BCUT2D eigenvalue weighted by Gasteiger charge is 2.42. The molecule has 0 aromatic rings. The van der Waals surface area contributed by atoms with Crippen LogP contribution in [0.3, 0.4) is 0 Å². The molecule has 3 N–H and O–H groups in total. The summed E-state index contributed by atoms with van der Waals surface area (Å²) in [5.41, 5.74) is 0. The number of nitrogens with zero attached hydrogens (tertiary/aromatic N) is 1. The van der Waals surface area contributed by atoms with Crippen LogP contribution in [-0.4, -0.2) is 53.1 Å². The number of ether oxygens (including phenoxy) is 1. The van der Waals surface area contributed by atoms with Gasteiger partial charge in [0.05, 0.1) is 12.1 Å². The van der Waals surface area contributed by atoms with Gasteiger partial charge in [0.15, 0.2) is 0 Å². The van der Waals surface area contributed by atoms with Crippen LogP contribution in [0, 0.1) is 4.91 Å². The van der Waals surface area contributed by atoms with Gasteiger partial charge in [0.1, 0.15) is 24.9 Å². The second-order valence-corrected chi connectivity index (χ2v) is 3.90. The summed E-state index contributed by atoms with van der Waals surface area (Å²) in [5.74, 6) is -0.321. The molecule has 16 heavy (non-hydrogen) atoms. The summed E-state index contributed by atoms with van der Waals surface area (Å²) in [4.78, 5) is 21.0. The molecular formula is C9H16N2O5. The van der Waals surface area contributed by atoms with Crippen molar-refractivity contribution in [1.29, 1.82) is 0 Å². The van der Waals surface area contributed by atoms with Crippen LogP contribution in [-0.2, 0) is 9.53 Å². The van der Waals surface area contributed by atoms with E-state index < -0.39 is 30.5 Å². The van der Waals surface area contributed by atoms with Crippen molar-refractivity contribution in [2.45, 2.75) is 44.3 Å². The second kappa shape index (κ2) is 5.33. The molecule has 5 atom stereocenters. The third-order valence-corrected chi connectivity index (χ3v) is 2.62. The zero-order valence-electron chi connectivity index (χ0n) is 9.16. The Hall–Kier alpha value is -1.05. The van der Waals surface area contributed by atoms with Crippen molar-refractivity contribution < 1.29 is 19.7 Å². The van der Waals surface area contributed by atoms with Crippen molar-refractivity contribution in [2.24, 2.45) is 5.18 Å². The molecule has 7 nitrogen and oxygen atoms in total. The fourth-order valence-electron chi connectivity index (χ4n) is 1.81. The van der Waals surface area contributed by atoms with Gasteiger partial charge in [-0.1, -0.05) is 5.18 Å². The molecule has 0 spiro atoms. The number of hydrogen-bond acceptors (Lipinski definition) is 6. The summed E-state index contributed by atoms with van der Waals surface area (Å²) in [5, 5.41) is 24.5. The van der Waals surface area contributed by atoms with Gasteiger partial charge in [0, 0.05) is 6.92 Å². The minimum atomic E-state index is -1.23. The van der Waals surface area contributed by atoms with E-state index in [-0.39, 0.29) is 12.5 Å². The maximum absolute atomic E-state index is 10.9. The topological polar surface area (TPSA) is 108 Å². The summed E-state index contributed by atoms with van der Waals surface area (Å²) in [6, 6.07) is -0.685. The molecule has 0 bridgehead atoms. The Balaban J connectivity index is 2.71. The number of amides is 1. The first kappa shape index (κ1) is 13.0. The predicted molar refractivity (Wildman–Crippen MR) is 54.6 cm³/mol. The molecule has 1 aliphatic rings. The lowest BCUT2D eigenvalue weighted by Gasteiger charge is -2.41. The van der Waals surface area contributed by atoms with Crippen molar-refractivity contribution in [2.75, 3.05) is 6.54 Å². The SMILES string of the molecule is CC(=O)N[C@H]1C(O)C(O)C(CN=O)O[C@@H]1C. The van der Waals surface area contributed by atoms with Crippen LogP contribution in [0.1, 0.15) is 13.8 Å². The smallest absolute Gasteiger partial charge is 0.217 e. The number of aliphatic hydroxyl groups excluding tert-OH is 2. The Labute approximate surface area is 92.8 Å². The largest absolute Gasteiger partial charge is 0.388 e. The zero-order valence-corrected chi connectivity index (χ0v) is 9.16. The van der Waals surface area contributed by atoms with Crippen molar-refractivity contribution >= 4 is 5.91 Å². The van der Waals surface area contributed by atoms with E-state index in [0.717, 1.165) is 0 Å². The first-order valence-corrected chi connectivity index (χ1v) is 5.05. The lowest BCUT2D eigenvalue weighted by Crippen LogP contribution is -2.63. The number of aliphatic hydroxyl groups is 2. The van der Waals surface area contributed by atoms with Gasteiger partial charge in [-0.3, -0.25) is 4.79 Å². The van der Waals surface area contributed by atoms with Gasteiger partial charge in [-0.15, -0.1) is 0 Å². The molecule has 1 rings (SSSR count). The van der Waals surface area contributed by atoms with Gasteiger partial charge >= 0.3 is 0 Å². The van der Waals surface area contributed by atoms with Gasteiger partial charge in [-0.25, -0.2) is 0 Å². The number of nitrogens with one attached hydrogen (secondary N) is 1. The summed E-state index contributed by atoms with van der Waals surface area (Å²) >= 11 is 0. The molecule has 0 aliphatic carbocycles. The maximum atomic E-state index is 10.9. The van der Waals surface area contributed by atoms with E-state index in [4.69, 9.17) is 4.74 Å². The van der Waals surface area contributed by atoms with Crippen molar-refractivity contribution in [3.63, 3.8) is 0 Å². The maximum Gasteiger partial charge on any atom is 0.217 e. The highest BCUT2D eigenvalue weighted by molar-refractivity contribution is 5.73. The van der Waals surface area contributed by atoms with Crippen LogP contribution in [0.25, 0.3) is 0 Å². The fraction of sp³-hybridized carbons (Fsp3) is 0.889. The first-order chi connectivity index (χ1) is 7.47. The van der Waals surface area contributed by atoms with E-state index in [0.29, 0.717) is 0 Å². The minimum absolute atomic E-state index is 0.227. The zero-order chi connectivity index (χ0) is 12.3. The number of carbonyl (C=O) groups excluding carboxylic acids is 1. The minimum Gasteiger partial charge on any atom is -0.388 e. The monoisotopic (exact) mass is 232 g/mol. The number of rotatable bonds is 3. The summed E-state index contributed by atoms with van der Waals surface area (Å²) < 4.78 is 5.30. The average Bonchev–Trinajstić information content (AvgIpc) is 2.21. The lowest BCUT2D eigenvalue weighted by molar-refractivity contribution is -0.177. The van der Waals surface area contributed by atoms with Gasteiger partial charge in [-0.05, 0) is 6.92 Å². The predicted octanol–water partition coefficient (Wildman–Crippen LogP) is -1.23. The summed E-state index contributed by atoms with van der Waals surface area (Å²) in [6.07, 6.45) is -3.72. The Bertz CT molecular complexity index is 273. The van der Waals surface area contributed by atoms with E-state index in [1.807, 2.05) is 0 Å². The quantitative estimate of drug-likeness (QED) is 0.528. The molecule has 1 aliphatic heterocycles. The highest BCUT2D eigenvalue weighted by Crippen LogP contribution is 2.21. The van der Waals surface area contributed by atoms with Crippen LogP contribution < -0.4 is 5.32 Å². The summed E-state index contributed by atoms with van der Waals surface area (Å²) in [6.45, 7) is 2.73. The van der Waals surface area contributed by atoms with Gasteiger partial charge in [0.25, 0.3) is 0 Å². The molecule has 0 aromatic heterocycles. The summed E-state index contributed by atoms with van der Waals surface area (Å²) in [7, 11) is 0. The molecule has 0 aromatic carbocycles. The average molecular weight is 232 g/mol. The third kappa shape index (κ3) is 2.75. The molecular weight excluding hydrogens is 216 g/mol. The molecule has 0 saturated carbocycles. The first-order valence-electron chi connectivity index (χ1n) is 5.05. The van der Waals surface area contributed by atoms with Crippen LogP contribution in [0.5, 0.6) is 0 Å². The Morgan fingerprint density at radius 2 is 2.06 bits per heavy atom. The normalized spacial score (nSPS) is 39.1. The third-order valence-electron chi connectivity index (χ3n) is 2.62. The van der Waals surface area contributed by atoms with E-state index >= 15 is 0 Å². The van der Waals surface area contributed by atoms with Crippen LogP contribution in [0.15, 0.2) is 5.18 Å².